The number of aliphatic imine (C=N–C) groups is 1. The van der Waals surface area contributed by atoms with Gasteiger partial charge in [-0.3, -0.25) is 5.32 Å². The quantitative estimate of drug-likeness (QED) is 0.385. The van der Waals surface area contributed by atoms with Gasteiger partial charge in [0.25, 0.3) is 0 Å². The summed E-state index contributed by atoms with van der Waals surface area (Å²) in [5.41, 5.74) is 1.98. The average molecular weight is 249 g/mol. The number of hydrogen-bond acceptors (Lipinski definition) is 4. The zero-order chi connectivity index (χ0) is 12.5. The summed E-state index contributed by atoms with van der Waals surface area (Å²) >= 11 is 1.41. The summed E-state index contributed by atoms with van der Waals surface area (Å²) in [6.45, 7) is 0.660. The van der Waals surface area contributed by atoms with E-state index in [1.807, 2.05) is 36.7 Å². The first-order chi connectivity index (χ1) is 8.31. The van der Waals surface area contributed by atoms with Crippen molar-refractivity contribution in [3.63, 3.8) is 0 Å². The molecule has 0 unspecified atom stereocenters. The van der Waals surface area contributed by atoms with Gasteiger partial charge in [0.05, 0.1) is 12.3 Å². The highest BCUT2D eigenvalue weighted by molar-refractivity contribution is 8.13. The van der Waals surface area contributed by atoms with Crippen LogP contribution in [0, 0.1) is 11.5 Å². The number of rotatable bonds is 4. The van der Waals surface area contributed by atoms with Gasteiger partial charge < -0.3 is 4.74 Å². The number of amidine groups is 1. The van der Waals surface area contributed by atoms with Crippen LogP contribution >= 0.6 is 11.8 Å². The van der Waals surface area contributed by atoms with Gasteiger partial charge in [-0.25, -0.2) is 4.99 Å². The molecule has 0 bridgehead atoms. The summed E-state index contributed by atoms with van der Waals surface area (Å²) in [5, 5.41) is 11.7. The fourth-order valence-corrected chi connectivity index (χ4v) is 1.66. The molecule has 0 aliphatic rings. The molecule has 0 aliphatic carbocycles. The zero-order valence-electron chi connectivity index (χ0n) is 9.93. The van der Waals surface area contributed by atoms with Crippen molar-refractivity contribution < 1.29 is 4.74 Å². The standard InChI is InChI=1S/C12H15N3OS/c1-16-8-7-10-5-3-4-6-11(10)15-12(17-2)14-9-13/h3-6H,7-8H2,1-2H3,(H,14,15). The maximum atomic E-state index is 8.58. The zero-order valence-corrected chi connectivity index (χ0v) is 10.8. The molecular formula is C12H15N3OS. The van der Waals surface area contributed by atoms with Gasteiger partial charge in [0.1, 0.15) is 0 Å². The first-order valence-corrected chi connectivity index (χ1v) is 6.39. The third-order valence-corrected chi connectivity index (χ3v) is 2.73. The van der Waals surface area contributed by atoms with Crippen LogP contribution in [0.3, 0.4) is 0 Å². The van der Waals surface area contributed by atoms with Crippen molar-refractivity contribution in [1.29, 1.82) is 5.26 Å². The van der Waals surface area contributed by atoms with Crippen LogP contribution in [0.1, 0.15) is 5.56 Å². The van der Waals surface area contributed by atoms with Crippen LogP contribution in [0.5, 0.6) is 0 Å². The molecule has 0 radical (unpaired) electrons. The van der Waals surface area contributed by atoms with Gasteiger partial charge in [0.15, 0.2) is 11.4 Å². The molecule has 90 valence electrons. The molecule has 0 atom stereocenters. The maximum Gasteiger partial charge on any atom is 0.183 e. The number of ether oxygens (including phenoxy) is 1. The molecule has 1 aromatic rings. The Hall–Kier alpha value is -1.51. The molecular weight excluding hydrogens is 234 g/mol. The Balaban J connectivity index is 2.92. The SMILES string of the molecule is COCCc1ccccc1N=C(NC#N)SC. The van der Waals surface area contributed by atoms with Crippen LogP contribution in [-0.4, -0.2) is 25.1 Å². The van der Waals surface area contributed by atoms with Crippen molar-refractivity contribution in [2.24, 2.45) is 4.99 Å². The summed E-state index contributed by atoms with van der Waals surface area (Å²) in [7, 11) is 1.68. The van der Waals surface area contributed by atoms with E-state index in [1.54, 1.807) is 7.11 Å². The summed E-state index contributed by atoms with van der Waals surface area (Å²) in [6.07, 6.45) is 4.56. The van der Waals surface area contributed by atoms with Crippen LogP contribution in [0.2, 0.25) is 0 Å². The summed E-state index contributed by atoms with van der Waals surface area (Å²) in [4.78, 5) is 4.41. The lowest BCUT2D eigenvalue weighted by molar-refractivity contribution is 0.202. The van der Waals surface area contributed by atoms with E-state index < -0.39 is 0 Å². The van der Waals surface area contributed by atoms with Gasteiger partial charge in [-0.2, -0.15) is 5.26 Å². The van der Waals surface area contributed by atoms with Gasteiger partial charge in [-0.1, -0.05) is 30.0 Å². The highest BCUT2D eigenvalue weighted by Gasteiger charge is 2.02. The molecule has 1 rings (SSSR count). The van der Waals surface area contributed by atoms with Crippen LogP contribution < -0.4 is 5.32 Å². The third-order valence-electron chi connectivity index (χ3n) is 2.15. The number of hydrogen-bond donors (Lipinski definition) is 1. The molecule has 1 aromatic carbocycles. The number of methoxy groups -OCH3 is 1. The second-order valence-electron chi connectivity index (χ2n) is 3.23. The van der Waals surface area contributed by atoms with Crippen LogP contribution in [0.15, 0.2) is 29.3 Å². The molecule has 5 heteroatoms. The molecule has 0 spiro atoms. The van der Waals surface area contributed by atoms with E-state index in [9.17, 15) is 0 Å². The van der Waals surface area contributed by atoms with Crippen LogP contribution in [-0.2, 0) is 11.2 Å². The highest BCUT2D eigenvalue weighted by atomic mass is 32.2. The molecule has 0 amide bonds. The molecule has 0 aromatic heterocycles. The monoisotopic (exact) mass is 249 g/mol. The van der Waals surface area contributed by atoms with Crippen molar-refractivity contribution >= 4 is 22.6 Å². The van der Waals surface area contributed by atoms with E-state index in [2.05, 4.69) is 10.3 Å². The minimum atomic E-state index is 0.595. The Labute approximate surface area is 106 Å². The van der Waals surface area contributed by atoms with Gasteiger partial charge in [0, 0.05) is 7.11 Å². The largest absolute Gasteiger partial charge is 0.384 e. The second kappa shape index (κ2) is 7.71. The van der Waals surface area contributed by atoms with Crippen molar-refractivity contribution in [2.45, 2.75) is 6.42 Å². The van der Waals surface area contributed by atoms with Gasteiger partial charge in [-0.15, -0.1) is 0 Å². The van der Waals surface area contributed by atoms with Crippen molar-refractivity contribution in [3.05, 3.63) is 29.8 Å². The molecule has 4 nitrogen and oxygen atoms in total. The molecule has 0 saturated carbocycles. The maximum absolute atomic E-state index is 8.58. The van der Waals surface area contributed by atoms with E-state index in [4.69, 9.17) is 10.00 Å². The molecule has 0 heterocycles. The van der Waals surface area contributed by atoms with Crippen LogP contribution in [0.25, 0.3) is 0 Å². The third kappa shape index (κ3) is 4.47. The van der Waals surface area contributed by atoms with Gasteiger partial charge in [0.2, 0.25) is 0 Å². The van der Waals surface area contributed by atoms with E-state index in [-0.39, 0.29) is 0 Å². The van der Waals surface area contributed by atoms with Gasteiger partial charge in [-0.05, 0) is 24.3 Å². The lowest BCUT2D eigenvalue weighted by atomic mass is 10.1. The number of para-hydroxylation sites is 1. The average Bonchev–Trinajstić information content (AvgIpc) is 2.37. The fourth-order valence-electron chi connectivity index (χ4n) is 1.33. The predicted molar refractivity (Wildman–Crippen MR) is 71.4 cm³/mol. The Bertz CT molecular complexity index is 426. The highest BCUT2D eigenvalue weighted by Crippen LogP contribution is 2.20. The minimum Gasteiger partial charge on any atom is -0.384 e. The lowest BCUT2D eigenvalue weighted by Gasteiger charge is -2.06. The number of nitriles is 1. The van der Waals surface area contributed by atoms with E-state index in [0.717, 1.165) is 17.7 Å². The fraction of sp³-hybridized carbons (Fsp3) is 0.333. The number of benzene rings is 1. The van der Waals surface area contributed by atoms with E-state index >= 15 is 0 Å². The first kappa shape index (κ1) is 13.6. The molecule has 0 aliphatic heterocycles. The summed E-state index contributed by atoms with van der Waals surface area (Å²) in [6, 6.07) is 7.85. The van der Waals surface area contributed by atoms with Crippen molar-refractivity contribution in [2.75, 3.05) is 20.0 Å². The predicted octanol–water partition coefficient (Wildman–Crippen LogP) is 2.30. The Kier molecular flexibility index (Phi) is 6.15. The molecule has 0 fully saturated rings. The molecule has 0 saturated heterocycles. The summed E-state index contributed by atoms with van der Waals surface area (Å²) < 4.78 is 5.06. The minimum absolute atomic E-state index is 0.595. The normalized spacial score (nSPS) is 11.0. The smallest absolute Gasteiger partial charge is 0.183 e. The Morgan fingerprint density at radius 1 is 1.53 bits per heavy atom. The van der Waals surface area contributed by atoms with Crippen molar-refractivity contribution in [1.82, 2.24) is 5.32 Å². The van der Waals surface area contributed by atoms with E-state index in [0.29, 0.717) is 11.8 Å². The van der Waals surface area contributed by atoms with E-state index in [1.165, 1.54) is 11.8 Å². The number of nitrogens with one attached hydrogen (secondary N) is 1. The van der Waals surface area contributed by atoms with Crippen LogP contribution in [0.4, 0.5) is 5.69 Å². The Morgan fingerprint density at radius 3 is 2.94 bits per heavy atom. The molecule has 1 N–H and O–H groups in total. The summed E-state index contributed by atoms with van der Waals surface area (Å²) in [5.74, 6) is 0. The van der Waals surface area contributed by atoms with Gasteiger partial charge >= 0.3 is 0 Å². The number of nitrogens with zero attached hydrogens (tertiary/aromatic N) is 2. The first-order valence-electron chi connectivity index (χ1n) is 5.16. The second-order valence-corrected chi connectivity index (χ2v) is 4.02. The number of thioether (sulfide) groups is 1. The topological polar surface area (TPSA) is 57.4 Å². The Morgan fingerprint density at radius 2 is 2.29 bits per heavy atom. The van der Waals surface area contributed by atoms with Crippen molar-refractivity contribution in [3.8, 4) is 6.19 Å². The lowest BCUT2D eigenvalue weighted by Crippen LogP contribution is -2.12. The molecule has 17 heavy (non-hydrogen) atoms.